The van der Waals surface area contributed by atoms with E-state index < -0.39 is 0 Å². The molecule has 6 heteroatoms. The van der Waals surface area contributed by atoms with E-state index in [0.717, 1.165) is 23.2 Å². The monoisotopic (exact) mass is 393 g/mol. The van der Waals surface area contributed by atoms with Gasteiger partial charge in [0.25, 0.3) is 5.91 Å². The van der Waals surface area contributed by atoms with Gasteiger partial charge in [-0.2, -0.15) is 0 Å². The highest BCUT2D eigenvalue weighted by Crippen LogP contribution is 2.23. The number of rotatable bonds is 3. The van der Waals surface area contributed by atoms with Gasteiger partial charge in [-0.25, -0.2) is 4.98 Å². The van der Waals surface area contributed by atoms with E-state index in [1.165, 1.54) is 19.3 Å². The highest BCUT2D eigenvalue weighted by Gasteiger charge is 2.13. The molecule has 1 aliphatic heterocycles. The fourth-order valence-electron chi connectivity index (χ4n) is 2.66. The van der Waals surface area contributed by atoms with E-state index in [9.17, 15) is 4.79 Å². The molecule has 3 rings (SSSR count). The fraction of sp³-hybridized carbons (Fsp3) is 0.294. The zero-order valence-corrected chi connectivity index (χ0v) is 14.9. The van der Waals surface area contributed by atoms with Gasteiger partial charge in [-0.15, -0.1) is 0 Å². The third kappa shape index (κ3) is 4.03. The molecule has 2 aromatic rings. The Morgan fingerprint density at radius 3 is 2.61 bits per heavy atom. The molecule has 1 aliphatic rings. The maximum Gasteiger partial charge on any atom is 0.258 e. The summed E-state index contributed by atoms with van der Waals surface area (Å²) in [6.45, 7) is 2.14. The number of carbonyl (C=O) groups excluding carboxylic acids is 1. The van der Waals surface area contributed by atoms with Crippen LogP contribution in [-0.4, -0.2) is 24.0 Å². The second-order valence-corrected chi connectivity index (χ2v) is 6.85. The van der Waals surface area contributed by atoms with Crippen molar-refractivity contribution in [2.75, 3.05) is 23.3 Å². The molecule has 0 bridgehead atoms. The molecule has 0 spiro atoms. The van der Waals surface area contributed by atoms with Crippen LogP contribution in [0.1, 0.15) is 29.6 Å². The van der Waals surface area contributed by atoms with Crippen LogP contribution in [0.5, 0.6) is 0 Å². The van der Waals surface area contributed by atoms with Crippen LogP contribution in [-0.2, 0) is 0 Å². The molecule has 1 saturated heterocycles. The Balaban J connectivity index is 1.69. The van der Waals surface area contributed by atoms with Gasteiger partial charge in [0, 0.05) is 17.6 Å². The Morgan fingerprint density at radius 2 is 1.96 bits per heavy atom. The van der Waals surface area contributed by atoms with E-state index in [1.54, 1.807) is 18.2 Å². The first-order valence-electron chi connectivity index (χ1n) is 7.61. The van der Waals surface area contributed by atoms with Crippen molar-refractivity contribution in [1.82, 2.24) is 4.98 Å². The molecule has 2 heterocycles. The molecule has 0 radical (unpaired) electrons. The topological polar surface area (TPSA) is 45.2 Å². The van der Waals surface area contributed by atoms with E-state index in [1.807, 2.05) is 18.3 Å². The molecule has 1 fully saturated rings. The Bertz CT molecular complexity index is 699. The zero-order valence-electron chi connectivity index (χ0n) is 12.6. The number of nitrogens with zero attached hydrogens (tertiary/aromatic N) is 2. The van der Waals surface area contributed by atoms with Crippen LogP contribution < -0.4 is 10.2 Å². The number of amides is 1. The van der Waals surface area contributed by atoms with Gasteiger partial charge in [-0.1, -0.05) is 27.5 Å². The van der Waals surface area contributed by atoms with E-state index in [0.29, 0.717) is 16.4 Å². The number of hydrogen-bond donors (Lipinski definition) is 1. The first-order valence-corrected chi connectivity index (χ1v) is 8.78. The predicted molar refractivity (Wildman–Crippen MR) is 97.4 cm³/mol. The number of nitrogens with one attached hydrogen (secondary N) is 1. The van der Waals surface area contributed by atoms with E-state index in [2.05, 4.69) is 31.1 Å². The molecule has 0 atom stereocenters. The van der Waals surface area contributed by atoms with Crippen molar-refractivity contribution in [2.45, 2.75) is 19.3 Å². The summed E-state index contributed by atoms with van der Waals surface area (Å²) < 4.78 is 0.836. The quantitative estimate of drug-likeness (QED) is 0.818. The van der Waals surface area contributed by atoms with Crippen molar-refractivity contribution in [1.29, 1.82) is 0 Å². The predicted octanol–water partition coefficient (Wildman–Crippen LogP) is 4.74. The lowest BCUT2D eigenvalue weighted by Gasteiger charge is -2.28. The summed E-state index contributed by atoms with van der Waals surface area (Å²) in [5, 5.41) is 3.18. The number of pyridine rings is 1. The average Bonchev–Trinajstić information content (AvgIpc) is 2.56. The van der Waals surface area contributed by atoms with E-state index in [-0.39, 0.29) is 5.91 Å². The molecule has 1 aromatic heterocycles. The molecule has 1 N–H and O–H groups in total. The molecular weight excluding hydrogens is 378 g/mol. The SMILES string of the molecule is O=C(Nc1ccc(N2CCCCC2)cn1)c1ccc(Br)cc1Cl. The lowest BCUT2D eigenvalue weighted by atomic mass is 10.1. The van der Waals surface area contributed by atoms with Crippen LogP contribution >= 0.6 is 27.5 Å². The lowest BCUT2D eigenvalue weighted by Crippen LogP contribution is -2.29. The summed E-state index contributed by atoms with van der Waals surface area (Å²) in [6, 6.07) is 8.99. The van der Waals surface area contributed by atoms with Gasteiger partial charge in [0.15, 0.2) is 0 Å². The molecule has 0 aliphatic carbocycles. The third-order valence-corrected chi connectivity index (χ3v) is 4.69. The fourth-order valence-corrected chi connectivity index (χ4v) is 3.42. The molecule has 0 unspecified atom stereocenters. The smallest absolute Gasteiger partial charge is 0.258 e. The van der Waals surface area contributed by atoms with Crippen molar-refractivity contribution < 1.29 is 4.79 Å². The number of anilines is 2. The number of benzene rings is 1. The number of halogens is 2. The molecule has 1 amide bonds. The lowest BCUT2D eigenvalue weighted by molar-refractivity contribution is 0.102. The summed E-state index contributed by atoms with van der Waals surface area (Å²) >= 11 is 9.42. The number of aromatic nitrogens is 1. The zero-order chi connectivity index (χ0) is 16.2. The van der Waals surface area contributed by atoms with Gasteiger partial charge in [0.2, 0.25) is 0 Å². The molecule has 1 aromatic carbocycles. The second kappa shape index (κ2) is 7.32. The molecule has 0 saturated carbocycles. The van der Waals surface area contributed by atoms with Crippen LogP contribution in [0.3, 0.4) is 0 Å². The van der Waals surface area contributed by atoms with Crippen LogP contribution in [0.2, 0.25) is 5.02 Å². The number of carbonyl (C=O) groups is 1. The second-order valence-electron chi connectivity index (χ2n) is 5.53. The molecule has 23 heavy (non-hydrogen) atoms. The average molecular weight is 395 g/mol. The Morgan fingerprint density at radius 1 is 1.17 bits per heavy atom. The van der Waals surface area contributed by atoms with Gasteiger partial charge >= 0.3 is 0 Å². The summed E-state index contributed by atoms with van der Waals surface area (Å²) in [6.07, 6.45) is 5.55. The minimum absolute atomic E-state index is 0.263. The van der Waals surface area contributed by atoms with E-state index >= 15 is 0 Å². The van der Waals surface area contributed by atoms with Crippen LogP contribution in [0.4, 0.5) is 11.5 Å². The summed E-state index contributed by atoms with van der Waals surface area (Å²) in [7, 11) is 0. The molecular formula is C17H17BrClN3O. The Labute approximate surface area is 149 Å². The van der Waals surface area contributed by atoms with Crippen molar-refractivity contribution in [3.8, 4) is 0 Å². The van der Waals surface area contributed by atoms with Crippen molar-refractivity contribution in [2.24, 2.45) is 0 Å². The first kappa shape index (κ1) is 16.3. The summed E-state index contributed by atoms with van der Waals surface area (Å²) in [4.78, 5) is 18.9. The van der Waals surface area contributed by atoms with Gasteiger partial charge in [-0.05, 0) is 49.6 Å². The van der Waals surface area contributed by atoms with Crippen LogP contribution in [0.15, 0.2) is 41.0 Å². The highest BCUT2D eigenvalue weighted by atomic mass is 79.9. The summed E-state index contributed by atoms with van der Waals surface area (Å²) in [5.74, 6) is 0.260. The standard InChI is InChI=1S/C17H17BrClN3O/c18-12-4-6-14(15(19)10-12)17(23)21-16-7-5-13(11-20-16)22-8-2-1-3-9-22/h4-7,10-11H,1-3,8-9H2,(H,20,21,23). The highest BCUT2D eigenvalue weighted by molar-refractivity contribution is 9.10. The Kier molecular flexibility index (Phi) is 5.18. The van der Waals surface area contributed by atoms with Gasteiger partial charge in [-0.3, -0.25) is 4.79 Å². The third-order valence-electron chi connectivity index (χ3n) is 3.89. The minimum Gasteiger partial charge on any atom is -0.370 e. The van der Waals surface area contributed by atoms with Crippen molar-refractivity contribution >= 4 is 44.9 Å². The largest absolute Gasteiger partial charge is 0.370 e. The molecule has 4 nitrogen and oxygen atoms in total. The van der Waals surface area contributed by atoms with Gasteiger partial charge in [0.1, 0.15) is 5.82 Å². The van der Waals surface area contributed by atoms with Gasteiger partial charge < -0.3 is 10.2 Å². The van der Waals surface area contributed by atoms with Crippen molar-refractivity contribution in [3.63, 3.8) is 0 Å². The number of piperidine rings is 1. The molecule has 120 valence electrons. The van der Waals surface area contributed by atoms with Crippen molar-refractivity contribution in [3.05, 3.63) is 51.6 Å². The van der Waals surface area contributed by atoms with Crippen LogP contribution in [0, 0.1) is 0 Å². The van der Waals surface area contributed by atoms with Crippen LogP contribution in [0.25, 0.3) is 0 Å². The maximum atomic E-state index is 12.3. The normalized spacial score (nSPS) is 14.6. The first-order chi connectivity index (χ1) is 11.1. The summed E-state index contributed by atoms with van der Waals surface area (Å²) in [5.41, 5.74) is 1.53. The minimum atomic E-state index is -0.263. The van der Waals surface area contributed by atoms with Gasteiger partial charge in [0.05, 0.1) is 22.5 Å². The number of hydrogen-bond acceptors (Lipinski definition) is 3. The Hall–Kier alpha value is -1.59. The maximum absolute atomic E-state index is 12.3. The van der Waals surface area contributed by atoms with E-state index in [4.69, 9.17) is 11.6 Å².